The number of amides is 1. The summed E-state index contributed by atoms with van der Waals surface area (Å²) in [4.78, 5) is 16.7. The molecule has 1 aromatic carbocycles. The summed E-state index contributed by atoms with van der Waals surface area (Å²) in [5.41, 5.74) is 2.74. The largest absolute Gasteiger partial charge is 0.480 e. The molecule has 0 aliphatic rings. The molecule has 3 rings (SSSR count). The second-order valence-electron chi connectivity index (χ2n) is 5.76. The van der Waals surface area contributed by atoms with E-state index in [2.05, 4.69) is 42.2 Å². The number of rotatable bonds is 5. The summed E-state index contributed by atoms with van der Waals surface area (Å²) in [6.07, 6.45) is 3.21. The molecule has 1 atom stereocenters. The van der Waals surface area contributed by atoms with Gasteiger partial charge in [-0.25, -0.2) is 4.98 Å². The lowest BCUT2D eigenvalue weighted by molar-refractivity contribution is -0.127. The van der Waals surface area contributed by atoms with Crippen LogP contribution in [0.2, 0.25) is 0 Å². The summed E-state index contributed by atoms with van der Waals surface area (Å²) in [7, 11) is 0. The summed E-state index contributed by atoms with van der Waals surface area (Å²) in [6.45, 7) is 4.07. The number of imidazole rings is 1. The second kappa shape index (κ2) is 7.58. The van der Waals surface area contributed by atoms with E-state index < -0.39 is 6.10 Å². The van der Waals surface area contributed by atoms with E-state index in [0.717, 1.165) is 25.8 Å². The molecule has 3 aromatic rings. The normalized spacial score (nSPS) is 12.2. The van der Waals surface area contributed by atoms with Gasteiger partial charge in [0.2, 0.25) is 0 Å². The van der Waals surface area contributed by atoms with Crippen molar-refractivity contribution in [2.45, 2.75) is 26.5 Å². The number of benzene rings is 1. The third-order valence-corrected chi connectivity index (χ3v) is 4.76. The molecule has 0 radical (unpaired) electrons. The van der Waals surface area contributed by atoms with Crippen molar-refractivity contribution >= 4 is 43.4 Å². The molecule has 1 unspecified atom stereocenters. The van der Waals surface area contributed by atoms with Gasteiger partial charge in [-0.1, -0.05) is 6.07 Å². The SMILES string of the molecule is Cc1ccc(OC(C)C(=O)NCc2cn3cc(Br)ccc3n2)c(Br)c1. The van der Waals surface area contributed by atoms with Crippen molar-refractivity contribution in [3.63, 3.8) is 0 Å². The number of halogens is 2. The van der Waals surface area contributed by atoms with Crippen molar-refractivity contribution in [1.82, 2.24) is 14.7 Å². The Hall–Kier alpha value is -1.86. The minimum atomic E-state index is -0.606. The number of hydrogen-bond acceptors (Lipinski definition) is 3. The molecule has 1 amide bonds. The molecule has 130 valence electrons. The summed E-state index contributed by atoms with van der Waals surface area (Å²) in [6, 6.07) is 9.59. The number of aryl methyl sites for hydroxylation is 1. The van der Waals surface area contributed by atoms with Crippen LogP contribution < -0.4 is 10.1 Å². The number of pyridine rings is 1. The number of carbonyl (C=O) groups excluding carboxylic acids is 1. The third-order valence-electron chi connectivity index (χ3n) is 3.67. The van der Waals surface area contributed by atoms with Gasteiger partial charge < -0.3 is 14.5 Å². The van der Waals surface area contributed by atoms with Crippen LogP contribution in [-0.4, -0.2) is 21.4 Å². The first-order chi connectivity index (χ1) is 11.9. The van der Waals surface area contributed by atoms with Gasteiger partial charge in [0, 0.05) is 16.9 Å². The molecule has 0 saturated carbocycles. The Morgan fingerprint density at radius 3 is 2.84 bits per heavy atom. The Kier molecular flexibility index (Phi) is 5.44. The average Bonchev–Trinajstić information content (AvgIpc) is 2.97. The number of carbonyl (C=O) groups is 1. The van der Waals surface area contributed by atoms with Crippen molar-refractivity contribution in [2.75, 3.05) is 0 Å². The smallest absolute Gasteiger partial charge is 0.261 e. The van der Waals surface area contributed by atoms with Crippen molar-refractivity contribution in [2.24, 2.45) is 0 Å². The van der Waals surface area contributed by atoms with Gasteiger partial charge in [-0.05, 0) is 75.5 Å². The van der Waals surface area contributed by atoms with E-state index in [9.17, 15) is 4.79 Å². The van der Waals surface area contributed by atoms with Gasteiger partial charge in [0.05, 0.1) is 16.7 Å². The van der Waals surface area contributed by atoms with Gasteiger partial charge in [-0.15, -0.1) is 0 Å². The molecule has 0 spiro atoms. The van der Waals surface area contributed by atoms with Crippen LogP contribution in [0.1, 0.15) is 18.2 Å². The van der Waals surface area contributed by atoms with E-state index >= 15 is 0 Å². The lowest BCUT2D eigenvalue weighted by Crippen LogP contribution is -2.36. The lowest BCUT2D eigenvalue weighted by Gasteiger charge is -2.15. The first-order valence-electron chi connectivity index (χ1n) is 7.76. The van der Waals surface area contributed by atoms with Crippen LogP contribution in [0.25, 0.3) is 5.65 Å². The van der Waals surface area contributed by atoms with E-state index in [1.54, 1.807) is 6.92 Å². The summed E-state index contributed by atoms with van der Waals surface area (Å²) >= 11 is 6.88. The number of nitrogens with one attached hydrogen (secondary N) is 1. The third kappa shape index (κ3) is 4.41. The quantitative estimate of drug-likeness (QED) is 0.611. The number of hydrogen-bond donors (Lipinski definition) is 1. The van der Waals surface area contributed by atoms with Gasteiger partial charge in [-0.3, -0.25) is 4.79 Å². The maximum absolute atomic E-state index is 12.3. The van der Waals surface area contributed by atoms with E-state index in [-0.39, 0.29) is 5.91 Å². The van der Waals surface area contributed by atoms with Crippen molar-refractivity contribution in [1.29, 1.82) is 0 Å². The second-order valence-corrected chi connectivity index (χ2v) is 7.53. The van der Waals surface area contributed by atoms with E-state index in [1.807, 2.05) is 54.0 Å². The summed E-state index contributed by atoms with van der Waals surface area (Å²) in [5.74, 6) is 0.455. The fourth-order valence-corrected chi connectivity index (χ4v) is 3.31. The fourth-order valence-electron chi connectivity index (χ4n) is 2.37. The van der Waals surface area contributed by atoms with Crippen molar-refractivity contribution < 1.29 is 9.53 Å². The predicted octanol–water partition coefficient (Wildman–Crippen LogP) is 4.25. The van der Waals surface area contributed by atoms with Crippen LogP contribution in [0.4, 0.5) is 0 Å². The number of fused-ring (bicyclic) bond motifs is 1. The molecule has 7 heteroatoms. The monoisotopic (exact) mass is 465 g/mol. The standard InChI is InChI=1S/C18H17Br2N3O2/c1-11-3-5-16(15(20)7-11)25-12(2)18(24)21-8-14-10-23-9-13(19)4-6-17(23)22-14/h3-7,9-10,12H,8H2,1-2H3,(H,21,24). The minimum absolute atomic E-state index is 0.189. The highest BCUT2D eigenvalue weighted by atomic mass is 79.9. The average molecular weight is 467 g/mol. The Bertz CT molecular complexity index is 924. The zero-order valence-electron chi connectivity index (χ0n) is 13.8. The zero-order valence-corrected chi connectivity index (χ0v) is 17.0. The molecular weight excluding hydrogens is 450 g/mol. The topological polar surface area (TPSA) is 55.6 Å². The zero-order chi connectivity index (χ0) is 18.0. The van der Waals surface area contributed by atoms with E-state index in [0.29, 0.717) is 12.3 Å². The molecule has 2 heterocycles. The van der Waals surface area contributed by atoms with Crippen LogP contribution in [0.5, 0.6) is 5.75 Å². The van der Waals surface area contributed by atoms with Crippen molar-refractivity contribution in [3.8, 4) is 5.75 Å². The molecule has 2 aromatic heterocycles. The van der Waals surface area contributed by atoms with Crippen LogP contribution in [0.3, 0.4) is 0 Å². The highest BCUT2D eigenvalue weighted by Crippen LogP contribution is 2.26. The molecule has 5 nitrogen and oxygen atoms in total. The first kappa shape index (κ1) is 17.9. The molecule has 25 heavy (non-hydrogen) atoms. The fraction of sp³-hybridized carbons (Fsp3) is 0.222. The van der Waals surface area contributed by atoms with Crippen molar-refractivity contribution in [3.05, 3.63) is 62.9 Å². The minimum Gasteiger partial charge on any atom is -0.480 e. The van der Waals surface area contributed by atoms with Gasteiger partial charge in [0.15, 0.2) is 6.10 Å². The summed E-state index contributed by atoms with van der Waals surface area (Å²) < 4.78 is 9.45. The van der Waals surface area contributed by atoms with E-state index in [4.69, 9.17) is 4.74 Å². The molecule has 0 fully saturated rings. The number of aromatic nitrogens is 2. The predicted molar refractivity (Wildman–Crippen MR) is 104 cm³/mol. The van der Waals surface area contributed by atoms with Gasteiger partial charge in [-0.2, -0.15) is 0 Å². The Morgan fingerprint density at radius 1 is 1.28 bits per heavy atom. The van der Waals surface area contributed by atoms with Crippen LogP contribution >= 0.6 is 31.9 Å². The first-order valence-corrected chi connectivity index (χ1v) is 9.34. The molecule has 0 bridgehead atoms. The van der Waals surface area contributed by atoms with Gasteiger partial charge in [0.25, 0.3) is 5.91 Å². The Labute approximate surface area is 162 Å². The van der Waals surface area contributed by atoms with E-state index in [1.165, 1.54) is 0 Å². The van der Waals surface area contributed by atoms with Gasteiger partial charge in [0.1, 0.15) is 11.4 Å². The summed E-state index contributed by atoms with van der Waals surface area (Å²) in [5, 5.41) is 2.86. The maximum Gasteiger partial charge on any atom is 0.261 e. The Balaban J connectivity index is 1.60. The highest BCUT2D eigenvalue weighted by molar-refractivity contribution is 9.10. The number of nitrogens with zero attached hydrogens (tertiary/aromatic N) is 2. The van der Waals surface area contributed by atoms with Crippen LogP contribution in [0, 0.1) is 6.92 Å². The number of ether oxygens (including phenoxy) is 1. The maximum atomic E-state index is 12.3. The molecular formula is C18H17Br2N3O2. The van der Waals surface area contributed by atoms with Gasteiger partial charge >= 0.3 is 0 Å². The molecule has 1 N–H and O–H groups in total. The van der Waals surface area contributed by atoms with Crippen LogP contribution in [-0.2, 0) is 11.3 Å². The Morgan fingerprint density at radius 2 is 2.08 bits per heavy atom. The highest BCUT2D eigenvalue weighted by Gasteiger charge is 2.16. The molecule has 0 aliphatic heterocycles. The van der Waals surface area contributed by atoms with Crippen LogP contribution in [0.15, 0.2) is 51.7 Å². The lowest BCUT2D eigenvalue weighted by atomic mass is 10.2. The molecule has 0 aliphatic carbocycles. The molecule has 0 saturated heterocycles.